The highest BCUT2D eigenvalue weighted by molar-refractivity contribution is 7.10. The van der Waals surface area contributed by atoms with Crippen molar-refractivity contribution in [2.45, 2.75) is 19.9 Å². The van der Waals surface area contributed by atoms with Crippen LogP contribution in [0.2, 0.25) is 0 Å². The molecule has 1 aliphatic heterocycles. The van der Waals surface area contributed by atoms with Crippen LogP contribution in [0.5, 0.6) is 11.5 Å². The number of nitrogens with zero attached hydrogens (tertiary/aromatic N) is 2. The summed E-state index contributed by atoms with van der Waals surface area (Å²) in [6.07, 6.45) is 7.13. The molecule has 0 aliphatic carbocycles. The number of thiazole rings is 1. The number of thiophene rings is 1. The summed E-state index contributed by atoms with van der Waals surface area (Å²) in [4.78, 5) is 33.6. The molecule has 0 saturated heterocycles. The topological polar surface area (TPSA) is 79.1 Å². The van der Waals surface area contributed by atoms with Gasteiger partial charge in [0.15, 0.2) is 16.3 Å². The third kappa shape index (κ3) is 5.37. The van der Waals surface area contributed by atoms with E-state index in [1.165, 1.54) is 22.7 Å². The van der Waals surface area contributed by atoms with E-state index in [1.54, 1.807) is 23.6 Å². The van der Waals surface area contributed by atoms with Crippen molar-refractivity contribution in [2.24, 2.45) is 4.99 Å². The second kappa shape index (κ2) is 12.2. The molecule has 9 heteroatoms. The van der Waals surface area contributed by atoms with Crippen molar-refractivity contribution in [1.29, 1.82) is 0 Å². The van der Waals surface area contributed by atoms with Crippen LogP contribution in [0, 0.1) is 12.3 Å². The molecule has 202 valence electrons. The van der Waals surface area contributed by atoms with Gasteiger partial charge in [0.2, 0.25) is 0 Å². The fourth-order valence-corrected chi connectivity index (χ4v) is 6.25. The largest absolute Gasteiger partial charge is 0.490 e. The van der Waals surface area contributed by atoms with E-state index in [1.807, 2.05) is 66.9 Å². The van der Waals surface area contributed by atoms with Crippen LogP contribution in [-0.4, -0.2) is 30.4 Å². The minimum absolute atomic E-state index is 0.118. The van der Waals surface area contributed by atoms with Crippen molar-refractivity contribution >= 4 is 40.4 Å². The van der Waals surface area contributed by atoms with Gasteiger partial charge in [0.05, 0.1) is 29.0 Å². The van der Waals surface area contributed by atoms with Crippen LogP contribution in [0.15, 0.2) is 81.4 Å². The van der Waals surface area contributed by atoms with Crippen LogP contribution in [0.25, 0.3) is 11.8 Å². The predicted octanol–water partition coefficient (Wildman–Crippen LogP) is 4.41. The number of fused-ring (bicyclic) bond motifs is 1. The SMILES string of the molecule is C#CCOc1ccc(/C=c2\sc3n(c2=O)[C@@H](c2cccs2)C(C(=O)OCC)=C(c2ccccc2)N=3)cc1OCC. The summed E-state index contributed by atoms with van der Waals surface area (Å²) in [6.45, 7) is 4.40. The number of benzene rings is 2. The van der Waals surface area contributed by atoms with Crippen LogP contribution < -0.4 is 24.4 Å². The van der Waals surface area contributed by atoms with Crippen molar-refractivity contribution in [3.63, 3.8) is 0 Å². The highest BCUT2D eigenvalue weighted by Crippen LogP contribution is 2.37. The number of carbonyl (C=O) groups excluding carboxylic acids is 1. The monoisotopic (exact) mass is 570 g/mol. The van der Waals surface area contributed by atoms with Gasteiger partial charge in [0, 0.05) is 10.4 Å². The second-order valence-electron chi connectivity index (χ2n) is 8.58. The zero-order valence-electron chi connectivity index (χ0n) is 22.0. The summed E-state index contributed by atoms with van der Waals surface area (Å²) in [5, 5.41) is 1.93. The van der Waals surface area contributed by atoms with E-state index in [-0.39, 0.29) is 18.8 Å². The first kappa shape index (κ1) is 27.2. The summed E-state index contributed by atoms with van der Waals surface area (Å²) in [5.41, 5.74) is 2.11. The van der Waals surface area contributed by atoms with Gasteiger partial charge in [-0.25, -0.2) is 9.79 Å². The van der Waals surface area contributed by atoms with E-state index in [0.29, 0.717) is 38.7 Å². The molecular weight excluding hydrogens is 544 g/mol. The summed E-state index contributed by atoms with van der Waals surface area (Å²) >= 11 is 2.74. The maximum Gasteiger partial charge on any atom is 0.338 e. The fourth-order valence-electron chi connectivity index (χ4n) is 4.43. The molecule has 4 aromatic rings. The first-order valence-corrected chi connectivity index (χ1v) is 14.4. The number of aromatic nitrogens is 1. The van der Waals surface area contributed by atoms with E-state index in [0.717, 1.165) is 16.0 Å². The summed E-state index contributed by atoms with van der Waals surface area (Å²) in [7, 11) is 0. The Morgan fingerprint density at radius 3 is 2.60 bits per heavy atom. The Labute approximate surface area is 239 Å². The average Bonchev–Trinajstić information content (AvgIpc) is 3.61. The van der Waals surface area contributed by atoms with Gasteiger partial charge >= 0.3 is 5.97 Å². The minimum Gasteiger partial charge on any atom is -0.490 e. The highest BCUT2D eigenvalue weighted by Gasteiger charge is 2.35. The lowest BCUT2D eigenvalue weighted by atomic mass is 9.97. The second-order valence-corrected chi connectivity index (χ2v) is 10.6. The van der Waals surface area contributed by atoms with Crippen LogP contribution in [0.3, 0.4) is 0 Å². The number of carbonyl (C=O) groups is 1. The Morgan fingerprint density at radius 2 is 1.90 bits per heavy atom. The molecule has 0 N–H and O–H groups in total. The molecule has 1 atom stereocenters. The van der Waals surface area contributed by atoms with Crippen molar-refractivity contribution in [3.8, 4) is 23.8 Å². The first-order chi connectivity index (χ1) is 19.5. The van der Waals surface area contributed by atoms with Gasteiger partial charge in [-0.2, -0.15) is 0 Å². The Hall–Kier alpha value is -4.39. The average molecular weight is 571 g/mol. The van der Waals surface area contributed by atoms with Crippen molar-refractivity contribution in [3.05, 3.63) is 107 Å². The van der Waals surface area contributed by atoms with Gasteiger partial charge in [-0.1, -0.05) is 59.7 Å². The molecule has 0 fully saturated rings. The maximum atomic E-state index is 13.9. The number of hydrogen-bond donors (Lipinski definition) is 0. The molecule has 2 aromatic heterocycles. The molecule has 0 amide bonds. The molecule has 1 aliphatic rings. The standard InChI is InChI=1S/C31H26N2O5S2/c1-4-16-38-22-15-14-20(18-23(22)36-5-2)19-25-29(34)33-28(24-13-10-17-39-24)26(30(35)37-6-3)27(32-31(33)40-25)21-11-8-7-9-12-21/h1,7-15,17-19,28H,5-6,16H2,2-3H3/b25-19-/t28-/m0/s1. The van der Waals surface area contributed by atoms with E-state index >= 15 is 0 Å². The Bertz CT molecular complexity index is 1780. The van der Waals surface area contributed by atoms with E-state index in [4.69, 9.17) is 25.6 Å². The normalized spacial score (nSPS) is 14.7. The number of hydrogen-bond acceptors (Lipinski definition) is 8. The third-order valence-corrected chi connectivity index (χ3v) is 7.97. The summed E-state index contributed by atoms with van der Waals surface area (Å²) in [6, 6.07) is 18.1. The van der Waals surface area contributed by atoms with Gasteiger partial charge < -0.3 is 14.2 Å². The van der Waals surface area contributed by atoms with Crippen LogP contribution in [0.4, 0.5) is 0 Å². The molecule has 5 rings (SSSR count). The van der Waals surface area contributed by atoms with E-state index in [9.17, 15) is 9.59 Å². The predicted molar refractivity (Wildman–Crippen MR) is 157 cm³/mol. The van der Waals surface area contributed by atoms with E-state index < -0.39 is 12.0 Å². The third-order valence-electron chi connectivity index (χ3n) is 6.06. The number of rotatable bonds is 9. The molecule has 0 spiro atoms. The van der Waals surface area contributed by atoms with Gasteiger partial charge in [-0.05, 0) is 49.1 Å². The Kier molecular flexibility index (Phi) is 8.29. The molecule has 0 bridgehead atoms. The molecule has 2 aromatic carbocycles. The molecule has 40 heavy (non-hydrogen) atoms. The smallest absolute Gasteiger partial charge is 0.338 e. The van der Waals surface area contributed by atoms with Gasteiger partial charge in [-0.3, -0.25) is 9.36 Å². The number of terminal acetylenes is 1. The summed E-state index contributed by atoms with van der Waals surface area (Å²) in [5.74, 6) is 3.02. The fraction of sp³-hybridized carbons (Fsp3) is 0.194. The molecule has 0 unspecified atom stereocenters. The molecule has 7 nitrogen and oxygen atoms in total. The lowest BCUT2D eigenvalue weighted by molar-refractivity contribution is -0.138. The molecule has 3 heterocycles. The maximum absolute atomic E-state index is 13.9. The zero-order valence-corrected chi connectivity index (χ0v) is 23.6. The van der Waals surface area contributed by atoms with Gasteiger partial charge in [0.1, 0.15) is 12.6 Å². The molecular formula is C31H26N2O5S2. The number of ether oxygens (including phenoxy) is 3. The minimum atomic E-state index is -0.675. The quantitative estimate of drug-likeness (QED) is 0.220. The molecule has 0 radical (unpaired) electrons. The van der Waals surface area contributed by atoms with Crippen molar-refractivity contribution < 1.29 is 19.0 Å². The number of esters is 1. The Balaban J connectivity index is 1.72. The lowest BCUT2D eigenvalue weighted by Crippen LogP contribution is -2.39. The Morgan fingerprint density at radius 1 is 1.07 bits per heavy atom. The van der Waals surface area contributed by atoms with Crippen LogP contribution >= 0.6 is 22.7 Å². The highest BCUT2D eigenvalue weighted by atomic mass is 32.1. The van der Waals surface area contributed by atoms with Crippen LogP contribution in [-0.2, 0) is 9.53 Å². The van der Waals surface area contributed by atoms with Crippen molar-refractivity contribution in [1.82, 2.24) is 4.57 Å². The lowest BCUT2D eigenvalue weighted by Gasteiger charge is -2.24. The van der Waals surface area contributed by atoms with E-state index in [2.05, 4.69) is 5.92 Å². The van der Waals surface area contributed by atoms with Gasteiger partial charge in [0.25, 0.3) is 5.56 Å². The summed E-state index contributed by atoms with van der Waals surface area (Å²) < 4.78 is 18.9. The van der Waals surface area contributed by atoms with Crippen LogP contribution in [0.1, 0.15) is 35.9 Å². The first-order valence-electron chi connectivity index (χ1n) is 12.7. The molecule has 0 saturated carbocycles. The zero-order chi connectivity index (χ0) is 28.1. The van der Waals surface area contributed by atoms with Gasteiger partial charge in [-0.15, -0.1) is 17.8 Å². The van der Waals surface area contributed by atoms with Crippen molar-refractivity contribution in [2.75, 3.05) is 19.8 Å².